The minimum absolute atomic E-state index is 0.0683. The Morgan fingerprint density at radius 2 is 1.82 bits per heavy atom. The van der Waals surface area contributed by atoms with Crippen LogP contribution in [-0.4, -0.2) is 61.9 Å². The molecule has 1 amide bonds. The fourth-order valence-corrected chi connectivity index (χ4v) is 4.93. The van der Waals surface area contributed by atoms with Crippen molar-refractivity contribution >= 4 is 15.9 Å². The van der Waals surface area contributed by atoms with Gasteiger partial charge < -0.3 is 14.7 Å². The van der Waals surface area contributed by atoms with E-state index in [4.69, 9.17) is 4.74 Å². The molecule has 0 aromatic heterocycles. The molecular weight excluding hydrogens is 380 g/mol. The standard InChI is InChI=1S/C20H24N2O5S/c1-14-20(24)21(2)10-11-22(14)28(25,26)17-8-9-19(27-3)18(12-17)16-6-4-15(13-23)5-7-16/h4-9,12,14,23H,10-11,13H2,1-3H3. The molecule has 0 radical (unpaired) electrons. The van der Waals surface area contributed by atoms with Crippen molar-refractivity contribution in [3.8, 4) is 16.9 Å². The number of methoxy groups -OCH3 is 1. The molecule has 28 heavy (non-hydrogen) atoms. The fourth-order valence-electron chi connectivity index (χ4n) is 3.32. The van der Waals surface area contributed by atoms with E-state index in [-0.39, 0.29) is 24.0 Å². The van der Waals surface area contributed by atoms with E-state index in [1.807, 2.05) is 12.1 Å². The number of piperazine rings is 1. The fraction of sp³-hybridized carbons (Fsp3) is 0.350. The van der Waals surface area contributed by atoms with Gasteiger partial charge in [-0.2, -0.15) is 4.31 Å². The molecule has 8 heteroatoms. The van der Waals surface area contributed by atoms with E-state index in [0.29, 0.717) is 17.9 Å². The number of sulfonamides is 1. The normalized spacial score (nSPS) is 18.4. The van der Waals surface area contributed by atoms with E-state index in [1.54, 1.807) is 43.1 Å². The van der Waals surface area contributed by atoms with Crippen LogP contribution in [0.1, 0.15) is 12.5 Å². The Morgan fingerprint density at radius 3 is 2.43 bits per heavy atom. The molecule has 1 heterocycles. The number of carbonyl (C=O) groups excluding carboxylic acids is 1. The summed E-state index contributed by atoms with van der Waals surface area (Å²) in [4.78, 5) is 13.9. The lowest BCUT2D eigenvalue weighted by atomic mass is 10.0. The van der Waals surface area contributed by atoms with Crippen molar-refractivity contribution in [2.24, 2.45) is 0 Å². The number of benzene rings is 2. The van der Waals surface area contributed by atoms with Crippen LogP contribution in [0.15, 0.2) is 47.4 Å². The summed E-state index contributed by atoms with van der Waals surface area (Å²) in [6.45, 7) is 2.14. The Labute approximate surface area is 165 Å². The third-order valence-electron chi connectivity index (χ3n) is 5.05. The van der Waals surface area contributed by atoms with Crippen molar-refractivity contribution in [3.63, 3.8) is 0 Å². The van der Waals surface area contributed by atoms with Crippen LogP contribution in [0.4, 0.5) is 0 Å². The lowest BCUT2D eigenvalue weighted by Crippen LogP contribution is -2.56. The highest BCUT2D eigenvalue weighted by atomic mass is 32.2. The smallest absolute Gasteiger partial charge is 0.243 e. The first kappa shape index (κ1) is 20.3. The average molecular weight is 404 g/mol. The maximum Gasteiger partial charge on any atom is 0.243 e. The first-order valence-corrected chi connectivity index (χ1v) is 10.4. The Kier molecular flexibility index (Phi) is 5.74. The second kappa shape index (κ2) is 7.90. The number of ether oxygens (including phenoxy) is 1. The van der Waals surface area contributed by atoms with Gasteiger partial charge in [-0.1, -0.05) is 24.3 Å². The van der Waals surface area contributed by atoms with Crippen molar-refractivity contribution in [1.82, 2.24) is 9.21 Å². The van der Waals surface area contributed by atoms with Crippen LogP contribution >= 0.6 is 0 Å². The number of nitrogens with zero attached hydrogens (tertiary/aromatic N) is 2. The summed E-state index contributed by atoms with van der Waals surface area (Å²) in [5, 5.41) is 9.22. The van der Waals surface area contributed by atoms with Crippen molar-refractivity contribution in [3.05, 3.63) is 48.0 Å². The molecule has 1 N–H and O–H groups in total. The van der Waals surface area contributed by atoms with Crippen LogP contribution in [0.2, 0.25) is 0 Å². The molecule has 2 aromatic rings. The van der Waals surface area contributed by atoms with Gasteiger partial charge in [0.25, 0.3) is 0 Å². The number of hydrogen-bond acceptors (Lipinski definition) is 5. The third-order valence-corrected chi connectivity index (χ3v) is 7.01. The number of carbonyl (C=O) groups is 1. The molecule has 0 saturated carbocycles. The second-order valence-electron chi connectivity index (χ2n) is 6.77. The molecule has 0 bridgehead atoms. The molecule has 1 fully saturated rings. The van der Waals surface area contributed by atoms with Gasteiger partial charge in [-0.25, -0.2) is 8.42 Å². The highest BCUT2D eigenvalue weighted by Gasteiger charge is 2.38. The summed E-state index contributed by atoms with van der Waals surface area (Å²) in [5.41, 5.74) is 2.16. The van der Waals surface area contributed by atoms with E-state index >= 15 is 0 Å². The van der Waals surface area contributed by atoms with Crippen LogP contribution in [0.25, 0.3) is 11.1 Å². The Morgan fingerprint density at radius 1 is 1.14 bits per heavy atom. The van der Waals surface area contributed by atoms with Crippen LogP contribution < -0.4 is 4.74 Å². The van der Waals surface area contributed by atoms with Gasteiger partial charge in [-0.05, 0) is 36.2 Å². The van der Waals surface area contributed by atoms with E-state index in [0.717, 1.165) is 11.1 Å². The van der Waals surface area contributed by atoms with Crippen molar-refractivity contribution in [1.29, 1.82) is 0 Å². The Hall–Kier alpha value is -2.42. The zero-order chi connectivity index (χ0) is 20.5. The molecule has 1 atom stereocenters. The SMILES string of the molecule is COc1ccc(S(=O)(=O)N2CCN(C)C(=O)C2C)cc1-c1ccc(CO)cc1. The topological polar surface area (TPSA) is 87.2 Å². The predicted octanol–water partition coefficient (Wildman–Crippen LogP) is 1.71. The van der Waals surface area contributed by atoms with Gasteiger partial charge in [0, 0.05) is 25.7 Å². The van der Waals surface area contributed by atoms with Crippen LogP contribution in [-0.2, 0) is 21.4 Å². The Balaban J connectivity index is 2.03. The zero-order valence-corrected chi connectivity index (χ0v) is 16.9. The molecule has 1 unspecified atom stereocenters. The maximum absolute atomic E-state index is 13.2. The summed E-state index contributed by atoms with van der Waals surface area (Å²) >= 11 is 0. The Bertz CT molecular complexity index is 973. The van der Waals surface area contributed by atoms with E-state index in [9.17, 15) is 18.3 Å². The highest BCUT2D eigenvalue weighted by molar-refractivity contribution is 7.89. The number of aliphatic hydroxyl groups is 1. The average Bonchev–Trinajstić information content (AvgIpc) is 2.71. The first-order chi connectivity index (χ1) is 13.3. The molecule has 1 aliphatic heterocycles. The monoisotopic (exact) mass is 404 g/mol. The third kappa shape index (κ3) is 3.63. The summed E-state index contributed by atoms with van der Waals surface area (Å²) < 4.78 is 33.1. The molecule has 3 rings (SSSR count). The van der Waals surface area contributed by atoms with Crippen molar-refractivity contribution in [2.75, 3.05) is 27.2 Å². The molecular formula is C20H24N2O5S. The molecule has 1 saturated heterocycles. The molecule has 1 aliphatic rings. The van der Waals surface area contributed by atoms with E-state index < -0.39 is 16.1 Å². The van der Waals surface area contributed by atoms with Crippen molar-refractivity contribution < 1.29 is 23.1 Å². The number of likely N-dealkylation sites (N-methyl/N-ethyl adjacent to an activating group) is 1. The van der Waals surface area contributed by atoms with Gasteiger partial charge in [0.15, 0.2) is 0 Å². The second-order valence-corrected chi connectivity index (χ2v) is 8.66. The quantitative estimate of drug-likeness (QED) is 0.820. The molecule has 0 spiro atoms. The minimum Gasteiger partial charge on any atom is -0.496 e. The first-order valence-electron chi connectivity index (χ1n) is 8.94. The van der Waals surface area contributed by atoms with E-state index in [2.05, 4.69) is 0 Å². The number of rotatable bonds is 5. The summed E-state index contributed by atoms with van der Waals surface area (Å²) in [6, 6.07) is 11.1. The largest absolute Gasteiger partial charge is 0.496 e. The van der Waals surface area contributed by atoms with Gasteiger partial charge in [0.1, 0.15) is 11.8 Å². The van der Waals surface area contributed by atoms with Gasteiger partial charge >= 0.3 is 0 Å². The number of aliphatic hydroxyl groups excluding tert-OH is 1. The van der Waals surface area contributed by atoms with Crippen LogP contribution in [0.3, 0.4) is 0 Å². The lowest BCUT2D eigenvalue weighted by molar-refractivity contribution is -0.136. The van der Waals surface area contributed by atoms with Gasteiger partial charge in [0.2, 0.25) is 15.9 Å². The zero-order valence-electron chi connectivity index (χ0n) is 16.1. The van der Waals surface area contributed by atoms with Gasteiger partial charge in [-0.3, -0.25) is 4.79 Å². The number of amides is 1. The molecule has 7 nitrogen and oxygen atoms in total. The number of hydrogen-bond donors (Lipinski definition) is 1. The molecule has 0 aliphatic carbocycles. The van der Waals surface area contributed by atoms with E-state index in [1.165, 1.54) is 17.5 Å². The summed E-state index contributed by atoms with van der Waals surface area (Å²) in [6.07, 6.45) is 0. The van der Waals surface area contributed by atoms with Gasteiger partial charge in [-0.15, -0.1) is 0 Å². The summed E-state index contributed by atoms with van der Waals surface area (Å²) in [5.74, 6) is 0.321. The van der Waals surface area contributed by atoms with Crippen molar-refractivity contribution in [2.45, 2.75) is 24.5 Å². The van der Waals surface area contributed by atoms with Crippen LogP contribution in [0, 0.1) is 0 Å². The van der Waals surface area contributed by atoms with Gasteiger partial charge in [0.05, 0.1) is 18.6 Å². The lowest BCUT2D eigenvalue weighted by Gasteiger charge is -2.36. The molecule has 2 aromatic carbocycles. The van der Waals surface area contributed by atoms with Crippen LogP contribution in [0.5, 0.6) is 5.75 Å². The summed E-state index contributed by atoms with van der Waals surface area (Å²) in [7, 11) is -0.651. The maximum atomic E-state index is 13.2. The molecule has 150 valence electrons. The highest BCUT2D eigenvalue weighted by Crippen LogP contribution is 2.34. The minimum atomic E-state index is -3.85. The predicted molar refractivity (Wildman–Crippen MR) is 105 cm³/mol.